The Balaban J connectivity index is 2.41. The van der Waals surface area contributed by atoms with Gasteiger partial charge in [-0.15, -0.1) is 0 Å². The molecule has 90 valence electrons. The SMILES string of the molecule is CNC(C)CCCS(=O)c1cccc(F)c1. The van der Waals surface area contributed by atoms with E-state index in [0.29, 0.717) is 16.7 Å². The maximum atomic E-state index is 12.9. The molecule has 0 amide bonds. The van der Waals surface area contributed by atoms with Crippen LogP contribution in [0.3, 0.4) is 0 Å². The average Bonchev–Trinajstić information content (AvgIpc) is 2.28. The summed E-state index contributed by atoms with van der Waals surface area (Å²) in [4.78, 5) is 0.581. The summed E-state index contributed by atoms with van der Waals surface area (Å²) < 4.78 is 24.7. The van der Waals surface area contributed by atoms with E-state index in [1.165, 1.54) is 12.1 Å². The summed E-state index contributed by atoms with van der Waals surface area (Å²) in [5.74, 6) is 0.268. The topological polar surface area (TPSA) is 29.1 Å². The Morgan fingerprint density at radius 3 is 2.88 bits per heavy atom. The zero-order chi connectivity index (χ0) is 12.0. The lowest BCUT2D eigenvalue weighted by Crippen LogP contribution is -2.21. The van der Waals surface area contributed by atoms with Gasteiger partial charge in [-0.3, -0.25) is 4.21 Å². The van der Waals surface area contributed by atoms with E-state index in [-0.39, 0.29) is 5.82 Å². The largest absolute Gasteiger partial charge is 0.317 e. The van der Waals surface area contributed by atoms with Crippen LogP contribution in [0.5, 0.6) is 0 Å². The van der Waals surface area contributed by atoms with Crippen LogP contribution < -0.4 is 5.32 Å². The lowest BCUT2D eigenvalue weighted by Gasteiger charge is -2.09. The lowest BCUT2D eigenvalue weighted by molar-refractivity contribution is 0.557. The second-order valence-electron chi connectivity index (χ2n) is 3.84. The molecule has 1 rings (SSSR count). The summed E-state index contributed by atoms with van der Waals surface area (Å²) in [7, 11) is 0.831. The van der Waals surface area contributed by atoms with Crippen LogP contribution in [0.1, 0.15) is 19.8 Å². The van der Waals surface area contributed by atoms with E-state index in [9.17, 15) is 8.60 Å². The van der Waals surface area contributed by atoms with Crippen molar-refractivity contribution >= 4 is 10.8 Å². The molecule has 0 radical (unpaired) electrons. The summed E-state index contributed by atoms with van der Waals surface area (Å²) in [5, 5.41) is 3.13. The fraction of sp³-hybridized carbons (Fsp3) is 0.500. The summed E-state index contributed by atoms with van der Waals surface area (Å²) in [6, 6.07) is 6.45. The average molecular weight is 243 g/mol. The van der Waals surface area contributed by atoms with Crippen molar-refractivity contribution in [2.45, 2.75) is 30.7 Å². The van der Waals surface area contributed by atoms with Gasteiger partial charge in [-0.1, -0.05) is 6.07 Å². The van der Waals surface area contributed by atoms with Gasteiger partial charge in [-0.2, -0.15) is 0 Å². The lowest BCUT2D eigenvalue weighted by atomic mass is 10.2. The first-order valence-corrected chi connectivity index (χ1v) is 6.76. The Morgan fingerprint density at radius 2 is 2.25 bits per heavy atom. The summed E-state index contributed by atoms with van der Waals surface area (Å²) in [6.07, 6.45) is 1.86. The van der Waals surface area contributed by atoms with Gasteiger partial charge in [0.05, 0.1) is 10.8 Å². The number of hydrogen-bond donors (Lipinski definition) is 1. The van der Waals surface area contributed by atoms with Crippen LogP contribution in [0.2, 0.25) is 0 Å². The Kier molecular flexibility index (Phi) is 5.63. The number of benzene rings is 1. The number of halogens is 1. The molecule has 0 fully saturated rings. The van der Waals surface area contributed by atoms with Crippen molar-refractivity contribution in [2.24, 2.45) is 0 Å². The quantitative estimate of drug-likeness (QED) is 0.831. The summed E-state index contributed by atoms with van der Waals surface area (Å²) in [5.41, 5.74) is 0. The third-order valence-electron chi connectivity index (χ3n) is 2.52. The Morgan fingerprint density at radius 1 is 1.50 bits per heavy atom. The molecular weight excluding hydrogens is 225 g/mol. The molecule has 0 aliphatic heterocycles. The van der Waals surface area contributed by atoms with E-state index >= 15 is 0 Å². The molecule has 0 bridgehead atoms. The fourth-order valence-corrected chi connectivity index (χ4v) is 2.53. The molecule has 0 aliphatic rings. The van der Waals surface area contributed by atoms with Gasteiger partial charge in [0.1, 0.15) is 5.82 Å². The van der Waals surface area contributed by atoms with Gasteiger partial charge in [-0.25, -0.2) is 4.39 Å². The van der Waals surface area contributed by atoms with Crippen LogP contribution in [0, 0.1) is 5.82 Å². The van der Waals surface area contributed by atoms with Crippen LogP contribution in [0.25, 0.3) is 0 Å². The third-order valence-corrected chi connectivity index (χ3v) is 3.96. The maximum absolute atomic E-state index is 12.9. The molecule has 1 N–H and O–H groups in total. The third kappa shape index (κ3) is 4.41. The van der Waals surface area contributed by atoms with Crippen molar-refractivity contribution < 1.29 is 8.60 Å². The van der Waals surface area contributed by atoms with Crippen LogP contribution >= 0.6 is 0 Å². The minimum Gasteiger partial charge on any atom is -0.317 e. The Labute approximate surface area is 98.7 Å². The van der Waals surface area contributed by atoms with Crippen molar-refractivity contribution in [1.29, 1.82) is 0 Å². The highest BCUT2D eigenvalue weighted by Crippen LogP contribution is 2.10. The first-order valence-electron chi connectivity index (χ1n) is 5.44. The fourth-order valence-electron chi connectivity index (χ4n) is 1.39. The first kappa shape index (κ1) is 13.3. The number of hydrogen-bond acceptors (Lipinski definition) is 2. The second kappa shape index (κ2) is 6.76. The zero-order valence-electron chi connectivity index (χ0n) is 9.70. The molecule has 2 atom stereocenters. The van der Waals surface area contributed by atoms with E-state index in [1.54, 1.807) is 12.1 Å². The van der Waals surface area contributed by atoms with Crippen molar-refractivity contribution in [2.75, 3.05) is 12.8 Å². The van der Waals surface area contributed by atoms with Crippen molar-refractivity contribution in [3.05, 3.63) is 30.1 Å². The van der Waals surface area contributed by atoms with Crippen LogP contribution in [-0.4, -0.2) is 23.1 Å². The minimum atomic E-state index is -1.08. The summed E-state index contributed by atoms with van der Waals surface area (Å²) >= 11 is 0. The maximum Gasteiger partial charge on any atom is 0.124 e. The Hall–Kier alpha value is -0.740. The molecule has 2 nitrogen and oxygen atoms in total. The predicted molar refractivity (Wildman–Crippen MR) is 65.4 cm³/mol. The molecular formula is C12H18FNOS. The van der Waals surface area contributed by atoms with Gasteiger partial charge in [0.25, 0.3) is 0 Å². The molecule has 1 aromatic carbocycles. The molecule has 0 saturated heterocycles. The van der Waals surface area contributed by atoms with E-state index in [2.05, 4.69) is 12.2 Å². The smallest absolute Gasteiger partial charge is 0.124 e. The van der Waals surface area contributed by atoms with Crippen LogP contribution in [0.15, 0.2) is 29.2 Å². The van der Waals surface area contributed by atoms with Crippen molar-refractivity contribution in [3.63, 3.8) is 0 Å². The van der Waals surface area contributed by atoms with Gasteiger partial charge < -0.3 is 5.32 Å². The molecule has 0 aliphatic carbocycles. The molecule has 0 heterocycles. The van der Waals surface area contributed by atoms with Gasteiger partial charge in [0, 0.05) is 16.7 Å². The predicted octanol–water partition coefficient (Wildman–Crippen LogP) is 2.32. The molecule has 1 aromatic rings. The van der Waals surface area contributed by atoms with Gasteiger partial charge in [-0.05, 0) is 45.0 Å². The number of nitrogens with one attached hydrogen (secondary N) is 1. The summed E-state index contributed by atoms with van der Waals surface area (Å²) in [6.45, 7) is 2.09. The molecule has 16 heavy (non-hydrogen) atoms. The Bertz CT molecular complexity index is 357. The zero-order valence-corrected chi connectivity index (χ0v) is 10.5. The standard InChI is InChI=1S/C12H18FNOS/c1-10(14-2)5-4-8-16(15)12-7-3-6-11(13)9-12/h3,6-7,9-10,14H,4-5,8H2,1-2H3. The van der Waals surface area contributed by atoms with E-state index in [1.807, 2.05) is 7.05 Å². The minimum absolute atomic E-state index is 0.325. The monoisotopic (exact) mass is 243 g/mol. The van der Waals surface area contributed by atoms with E-state index in [0.717, 1.165) is 12.8 Å². The van der Waals surface area contributed by atoms with Gasteiger partial charge >= 0.3 is 0 Å². The van der Waals surface area contributed by atoms with E-state index < -0.39 is 10.8 Å². The number of rotatable bonds is 6. The van der Waals surface area contributed by atoms with Crippen LogP contribution in [-0.2, 0) is 10.8 Å². The highest BCUT2D eigenvalue weighted by Gasteiger charge is 2.05. The molecule has 0 aromatic heterocycles. The highest BCUT2D eigenvalue weighted by molar-refractivity contribution is 7.85. The van der Waals surface area contributed by atoms with Crippen LogP contribution in [0.4, 0.5) is 4.39 Å². The highest BCUT2D eigenvalue weighted by atomic mass is 32.2. The molecule has 0 spiro atoms. The molecule has 2 unspecified atom stereocenters. The van der Waals surface area contributed by atoms with Gasteiger partial charge in [0.15, 0.2) is 0 Å². The first-order chi connectivity index (χ1) is 7.63. The second-order valence-corrected chi connectivity index (χ2v) is 5.41. The van der Waals surface area contributed by atoms with Gasteiger partial charge in [0.2, 0.25) is 0 Å². The van der Waals surface area contributed by atoms with E-state index in [4.69, 9.17) is 0 Å². The molecule has 4 heteroatoms. The molecule has 0 saturated carbocycles. The normalized spacial score (nSPS) is 14.7. The van der Waals surface area contributed by atoms with Crippen molar-refractivity contribution in [3.8, 4) is 0 Å². The van der Waals surface area contributed by atoms with Crippen molar-refractivity contribution in [1.82, 2.24) is 5.32 Å².